The highest BCUT2D eigenvalue weighted by Crippen LogP contribution is 2.67. The molecule has 0 amide bonds. The zero-order valence-electron chi connectivity index (χ0n) is 21.3. The van der Waals surface area contributed by atoms with E-state index in [9.17, 15) is 79.0 Å². The second-order valence-electron chi connectivity index (χ2n) is 10.2. The van der Waals surface area contributed by atoms with E-state index in [4.69, 9.17) is 9.47 Å². The van der Waals surface area contributed by atoms with Gasteiger partial charge in [0.2, 0.25) is 0 Å². The third kappa shape index (κ3) is 4.54. The molecule has 1 aromatic carbocycles. The van der Waals surface area contributed by atoms with Crippen LogP contribution in [0, 0.1) is 11.8 Å². The van der Waals surface area contributed by atoms with Crippen molar-refractivity contribution in [3.8, 4) is 0 Å². The van der Waals surface area contributed by atoms with E-state index in [1.165, 1.54) is 30.3 Å². The Labute approximate surface area is 241 Å². The van der Waals surface area contributed by atoms with Crippen LogP contribution in [0.15, 0.2) is 53.6 Å². The predicted octanol–water partition coefficient (Wildman–Crippen LogP) is 9.15. The summed E-state index contributed by atoms with van der Waals surface area (Å²) in [5.74, 6) is -65.0. The van der Waals surface area contributed by atoms with Crippen molar-refractivity contribution in [1.29, 1.82) is 0 Å². The lowest BCUT2D eigenvalue weighted by molar-refractivity contribution is -0.460. The van der Waals surface area contributed by atoms with E-state index in [-0.39, 0.29) is 11.6 Å². The Bertz CT molecular complexity index is 1390. The Morgan fingerprint density at radius 2 is 0.804 bits per heavy atom. The molecule has 0 saturated carbocycles. The summed E-state index contributed by atoms with van der Waals surface area (Å²) >= 11 is 0. The highest BCUT2D eigenvalue weighted by molar-refractivity contribution is 5.46. The number of rotatable bonds is 8. The number of benzene rings is 1. The topological polar surface area (TPSA) is 18.5 Å². The normalized spacial score (nSPS) is 27.0. The molecule has 5 atom stereocenters. The summed E-state index contributed by atoms with van der Waals surface area (Å²) in [7, 11) is 0. The molecule has 4 aliphatic rings. The number of hydrogen-bond acceptors (Lipinski definition) is 2. The largest absolute Gasteiger partial charge is 0.460 e. The van der Waals surface area contributed by atoms with Crippen LogP contribution in [0.1, 0.15) is 11.9 Å². The average Bonchev–Trinajstić information content (AvgIpc) is 3.39. The van der Waals surface area contributed by atoms with Crippen molar-refractivity contribution in [2.75, 3.05) is 0 Å². The van der Waals surface area contributed by atoms with E-state index in [1.54, 1.807) is 0 Å². The van der Waals surface area contributed by atoms with E-state index in [2.05, 4.69) is 0 Å². The monoisotopic (exact) mass is 712 g/mol. The Hall–Kier alpha value is -2.78. The second-order valence-corrected chi connectivity index (χ2v) is 10.2. The molecule has 3 unspecified atom stereocenters. The molecule has 2 bridgehead atoms. The van der Waals surface area contributed by atoms with Gasteiger partial charge in [0.1, 0.15) is 0 Å². The van der Waals surface area contributed by atoms with Crippen molar-refractivity contribution in [3.05, 3.63) is 59.2 Å². The molecule has 1 aliphatic heterocycles. The predicted molar refractivity (Wildman–Crippen MR) is 109 cm³/mol. The zero-order chi connectivity index (χ0) is 35.5. The van der Waals surface area contributed by atoms with Crippen molar-refractivity contribution in [2.45, 2.75) is 72.3 Å². The number of hydrogen-bond donors (Lipinski definition) is 0. The van der Waals surface area contributed by atoms with Gasteiger partial charge in [-0.15, -0.1) is 0 Å². The molecule has 5 rings (SSSR count). The zero-order valence-corrected chi connectivity index (χ0v) is 21.3. The minimum Gasteiger partial charge on any atom is -0.341 e. The van der Waals surface area contributed by atoms with Gasteiger partial charge in [0, 0.05) is 28.5 Å². The van der Waals surface area contributed by atoms with Gasteiger partial charge in [0.15, 0.2) is 6.29 Å². The van der Waals surface area contributed by atoms with Crippen LogP contribution < -0.4 is 0 Å². The first-order valence-corrected chi connectivity index (χ1v) is 12.0. The first-order chi connectivity index (χ1) is 20.4. The summed E-state index contributed by atoms with van der Waals surface area (Å²) in [6.07, 6.45) is -19.5. The second kappa shape index (κ2) is 10.1. The van der Waals surface area contributed by atoms with Crippen LogP contribution in [-0.2, 0) is 9.47 Å². The molecule has 0 aromatic heterocycles. The third-order valence-corrected chi connectivity index (χ3v) is 7.51. The average molecular weight is 712 g/mol. The molecule has 1 saturated heterocycles. The molecule has 22 heteroatoms. The van der Waals surface area contributed by atoms with Crippen molar-refractivity contribution >= 4 is 0 Å². The molecular formula is C24H12F20O2. The van der Waals surface area contributed by atoms with E-state index in [0.717, 1.165) is 0 Å². The summed E-state index contributed by atoms with van der Waals surface area (Å²) in [4.78, 5) is 0. The maximum Gasteiger partial charge on any atom is 0.460 e. The first kappa shape index (κ1) is 36.1. The van der Waals surface area contributed by atoms with Gasteiger partial charge in [-0.3, -0.25) is 0 Å². The van der Waals surface area contributed by atoms with Crippen molar-refractivity contribution in [1.82, 2.24) is 0 Å². The molecule has 0 radical (unpaired) electrons. The molecule has 3 aliphatic carbocycles. The van der Waals surface area contributed by atoms with E-state index < -0.39 is 95.3 Å². The molecule has 46 heavy (non-hydrogen) atoms. The van der Waals surface area contributed by atoms with Gasteiger partial charge in [-0.2, -0.15) is 87.8 Å². The Balaban J connectivity index is 1.84. The highest BCUT2D eigenvalue weighted by Gasteiger charge is 2.95. The van der Waals surface area contributed by atoms with E-state index >= 15 is 8.78 Å². The smallest absolute Gasteiger partial charge is 0.341 e. The van der Waals surface area contributed by atoms with Crippen LogP contribution in [0.5, 0.6) is 0 Å². The first-order valence-electron chi connectivity index (χ1n) is 12.0. The summed E-state index contributed by atoms with van der Waals surface area (Å²) in [6, 6.07) is 6.44. The SMILES string of the molecule is FC(F)(F)C1=C(C(F)(F)C(F)(F)C(F)(F)C(F)(F)C(F)(F)C(F)(F)C(F)(F)C(F)(F)F)[C@@H]2C=C[C@H]1C1OC(c3ccccc3)OC12. The minimum absolute atomic E-state index is 0.0199. The lowest BCUT2D eigenvalue weighted by atomic mass is 9.65. The number of alkyl halides is 20. The van der Waals surface area contributed by atoms with Crippen molar-refractivity contribution < 1.29 is 97.3 Å². The fourth-order valence-electron chi connectivity index (χ4n) is 5.21. The highest BCUT2D eigenvalue weighted by atomic mass is 19.4. The van der Waals surface area contributed by atoms with Gasteiger partial charge in [-0.25, -0.2) is 0 Å². The Morgan fingerprint density at radius 3 is 1.20 bits per heavy atom. The molecule has 1 aromatic rings. The number of ether oxygens (including phenoxy) is 2. The van der Waals surface area contributed by atoms with Crippen LogP contribution in [0.2, 0.25) is 0 Å². The number of halogens is 20. The summed E-state index contributed by atoms with van der Waals surface area (Å²) < 4.78 is 288. The van der Waals surface area contributed by atoms with Gasteiger partial charge in [0.25, 0.3) is 0 Å². The van der Waals surface area contributed by atoms with Crippen LogP contribution >= 0.6 is 0 Å². The molecule has 2 nitrogen and oxygen atoms in total. The van der Waals surface area contributed by atoms with Gasteiger partial charge >= 0.3 is 53.8 Å². The third-order valence-electron chi connectivity index (χ3n) is 7.51. The molecule has 1 heterocycles. The molecule has 0 spiro atoms. The van der Waals surface area contributed by atoms with Crippen molar-refractivity contribution in [2.24, 2.45) is 11.8 Å². The lowest BCUT2D eigenvalue weighted by Gasteiger charge is -2.48. The molecule has 0 N–H and O–H groups in total. The van der Waals surface area contributed by atoms with Crippen LogP contribution in [0.4, 0.5) is 87.8 Å². The summed E-state index contributed by atoms with van der Waals surface area (Å²) in [5, 5.41) is 0. The fourth-order valence-corrected chi connectivity index (χ4v) is 5.21. The molecular weight excluding hydrogens is 700 g/mol. The summed E-state index contributed by atoms with van der Waals surface area (Å²) in [6.45, 7) is 0. The quantitative estimate of drug-likeness (QED) is 0.198. The van der Waals surface area contributed by atoms with Gasteiger partial charge in [-0.1, -0.05) is 42.5 Å². The van der Waals surface area contributed by atoms with Crippen LogP contribution in [-0.4, -0.2) is 66.0 Å². The maximum atomic E-state index is 15.3. The summed E-state index contributed by atoms with van der Waals surface area (Å²) in [5.41, 5.74) is -6.06. The minimum atomic E-state index is -8.93. The standard InChI is InChI=1S/C24H12F20O2/c25-16(26,18(30,31)19(32,33)20(34,35)21(36,37)22(38,39)23(40,41)24(42,43)44)11-9-6-7-10(12(11)17(27,28)29)14-13(9)45-15(46-14)8-4-2-1-3-5-8/h1-7,9-10,13-15H/t9-,10+,13?,14?,15?/m0/s1. The lowest BCUT2D eigenvalue weighted by Crippen LogP contribution is -2.74. The van der Waals surface area contributed by atoms with Crippen LogP contribution in [0.25, 0.3) is 0 Å². The van der Waals surface area contributed by atoms with Gasteiger partial charge < -0.3 is 9.47 Å². The molecule has 1 fully saturated rings. The van der Waals surface area contributed by atoms with Crippen molar-refractivity contribution in [3.63, 3.8) is 0 Å². The maximum absolute atomic E-state index is 15.3. The Kier molecular flexibility index (Phi) is 7.93. The van der Waals surface area contributed by atoms with E-state index in [0.29, 0.717) is 6.08 Å². The van der Waals surface area contributed by atoms with E-state index in [1.807, 2.05) is 0 Å². The Morgan fingerprint density at radius 1 is 0.435 bits per heavy atom. The fraction of sp³-hybridized carbons (Fsp3) is 0.583. The van der Waals surface area contributed by atoms with Gasteiger partial charge in [0.05, 0.1) is 12.2 Å². The van der Waals surface area contributed by atoms with Crippen LogP contribution in [0.3, 0.4) is 0 Å². The molecule has 260 valence electrons. The van der Waals surface area contributed by atoms with Gasteiger partial charge in [-0.05, 0) is 0 Å².